The summed E-state index contributed by atoms with van der Waals surface area (Å²) < 4.78 is 41.1. The molecule has 0 aliphatic carbocycles. The molecule has 1 aliphatic rings. The third kappa shape index (κ3) is 15.3. The van der Waals surface area contributed by atoms with Crippen molar-refractivity contribution >= 4 is 0 Å². The van der Waals surface area contributed by atoms with Crippen molar-refractivity contribution in [3.05, 3.63) is 35.6 Å². The van der Waals surface area contributed by atoms with Crippen LogP contribution in [0.1, 0.15) is 20.8 Å². The Balaban J connectivity index is 0. The minimum Gasteiger partial charge on any atom is -0.387 e. The van der Waals surface area contributed by atoms with Crippen LogP contribution in [0, 0.1) is 0 Å². The van der Waals surface area contributed by atoms with Crippen molar-refractivity contribution in [2.45, 2.75) is 26.9 Å². The maximum atomic E-state index is 10.5. The predicted octanol–water partition coefficient (Wildman–Crippen LogP) is 3.44. The molecule has 0 spiro atoms. The maximum absolute atomic E-state index is 10.5. The molecule has 1 saturated heterocycles. The lowest BCUT2D eigenvalue weighted by Crippen LogP contribution is -2.42. The van der Waals surface area contributed by atoms with Crippen LogP contribution in [0.5, 0.6) is 0 Å². The molecule has 3 nitrogen and oxygen atoms in total. The second-order valence-electron chi connectivity index (χ2n) is 4.73. The van der Waals surface area contributed by atoms with Gasteiger partial charge in [0.1, 0.15) is 6.61 Å². The molecule has 0 unspecified atom stereocenters. The molecule has 0 aromatic carbocycles. The molecule has 1 aliphatic heterocycles. The number of hydrogen-bond acceptors (Lipinski definition) is 3. The third-order valence-electron chi connectivity index (χ3n) is 2.81. The monoisotopic (exact) mass is 340 g/mol. The third-order valence-corrected chi connectivity index (χ3v) is 2.81. The van der Waals surface area contributed by atoms with Crippen LogP contribution in [-0.4, -0.2) is 56.1 Å². The SMILES string of the molecule is CF.C\C=C/C(C)=C\C=C(/C)N1CCNCC1.OCC(F)(F)F. The van der Waals surface area contributed by atoms with Crippen molar-refractivity contribution in [2.24, 2.45) is 0 Å². The molecule has 1 fully saturated rings. The Morgan fingerprint density at radius 1 is 1.13 bits per heavy atom. The molecule has 0 radical (unpaired) electrons. The van der Waals surface area contributed by atoms with Crippen LogP contribution in [0.25, 0.3) is 0 Å². The van der Waals surface area contributed by atoms with Gasteiger partial charge in [0.05, 0.1) is 7.18 Å². The highest BCUT2D eigenvalue weighted by Gasteiger charge is 2.24. The molecule has 1 heterocycles. The van der Waals surface area contributed by atoms with E-state index in [1.165, 1.54) is 11.3 Å². The molecule has 1 rings (SSSR count). The van der Waals surface area contributed by atoms with E-state index in [1.54, 1.807) is 0 Å². The summed E-state index contributed by atoms with van der Waals surface area (Å²) in [4.78, 5) is 2.43. The quantitative estimate of drug-likeness (QED) is 0.610. The van der Waals surface area contributed by atoms with Crippen LogP contribution >= 0.6 is 0 Å². The van der Waals surface area contributed by atoms with Crippen LogP contribution in [0.2, 0.25) is 0 Å². The second-order valence-corrected chi connectivity index (χ2v) is 4.73. The summed E-state index contributed by atoms with van der Waals surface area (Å²) in [6, 6.07) is 0. The van der Waals surface area contributed by atoms with Crippen molar-refractivity contribution in [3.8, 4) is 0 Å². The van der Waals surface area contributed by atoms with Crippen molar-refractivity contribution in [1.29, 1.82) is 0 Å². The Kier molecular flexibility index (Phi) is 14.8. The Labute approximate surface area is 136 Å². The number of halogens is 4. The van der Waals surface area contributed by atoms with Gasteiger partial charge in [-0.1, -0.05) is 23.8 Å². The summed E-state index contributed by atoms with van der Waals surface area (Å²) in [6.07, 6.45) is 4.18. The van der Waals surface area contributed by atoms with Gasteiger partial charge in [-0.15, -0.1) is 0 Å². The van der Waals surface area contributed by atoms with E-state index in [0.717, 1.165) is 26.2 Å². The first-order valence-corrected chi connectivity index (χ1v) is 7.29. The van der Waals surface area contributed by atoms with E-state index >= 15 is 0 Å². The van der Waals surface area contributed by atoms with Gasteiger partial charge >= 0.3 is 6.18 Å². The first kappa shape index (κ1) is 23.9. The number of aliphatic hydroxyl groups is 1. The molecule has 0 atom stereocenters. The Hall–Kier alpha value is -1.34. The average molecular weight is 340 g/mol. The fourth-order valence-corrected chi connectivity index (χ4v) is 1.69. The zero-order valence-corrected chi connectivity index (χ0v) is 14.3. The van der Waals surface area contributed by atoms with Gasteiger partial charge in [0.25, 0.3) is 0 Å². The number of alkyl halides is 4. The van der Waals surface area contributed by atoms with E-state index in [9.17, 15) is 17.6 Å². The normalized spacial score (nSPS) is 16.5. The lowest BCUT2D eigenvalue weighted by Gasteiger charge is -2.29. The maximum Gasteiger partial charge on any atom is 0.411 e. The largest absolute Gasteiger partial charge is 0.411 e. The first-order valence-electron chi connectivity index (χ1n) is 7.29. The van der Waals surface area contributed by atoms with Crippen molar-refractivity contribution < 1.29 is 22.7 Å². The highest BCUT2D eigenvalue weighted by atomic mass is 19.4. The minimum atomic E-state index is -4.40. The molecule has 23 heavy (non-hydrogen) atoms. The van der Waals surface area contributed by atoms with E-state index in [-0.39, 0.29) is 0 Å². The summed E-state index contributed by atoms with van der Waals surface area (Å²) in [7, 11) is 0.500. The molecular weight excluding hydrogens is 312 g/mol. The van der Waals surface area contributed by atoms with Crippen LogP contribution in [-0.2, 0) is 0 Å². The van der Waals surface area contributed by atoms with Gasteiger partial charge < -0.3 is 15.3 Å². The molecule has 0 aromatic rings. The summed E-state index contributed by atoms with van der Waals surface area (Å²) in [6.45, 7) is 9.08. The fraction of sp³-hybridized carbons (Fsp3) is 0.625. The summed E-state index contributed by atoms with van der Waals surface area (Å²) >= 11 is 0. The number of aliphatic hydroxyl groups excluding tert-OH is 1. The zero-order chi connectivity index (χ0) is 18.3. The van der Waals surface area contributed by atoms with E-state index in [2.05, 4.69) is 48.4 Å². The van der Waals surface area contributed by atoms with E-state index in [4.69, 9.17) is 5.11 Å². The van der Waals surface area contributed by atoms with Crippen molar-refractivity contribution in [1.82, 2.24) is 10.2 Å². The predicted molar refractivity (Wildman–Crippen MR) is 86.9 cm³/mol. The van der Waals surface area contributed by atoms with E-state index in [0.29, 0.717) is 7.18 Å². The van der Waals surface area contributed by atoms with Crippen LogP contribution < -0.4 is 5.32 Å². The van der Waals surface area contributed by atoms with Gasteiger partial charge in [-0.3, -0.25) is 4.39 Å². The average Bonchev–Trinajstić information content (AvgIpc) is 2.55. The van der Waals surface area contributed by atoms with Crippen molar-refractivity contribution in [2.75, 3.05) is 40.0 Å². The molecule has 0 aromatic heterocycles. The highest BCUT2D eigenvalue weighted by Crippen LogP contribution is 2.11. The van der Waals surface area contributed by atoms with Gasteiger partial charge in [-0.25, -0.2) is 0 Å². The Morgan fingerprint density at radius 2 is 1.61 bits per heavy atom. The number of hydrogen-bond donors (Lipinski definition) is 2. The molecule has 136 valence electrons. The fourth-order valence-electron chi connectivity index (χ4n) is 1.69. The lowest BCUT2D eigenvalue weighted by molar-refractivity contribution is -0.159. The summed E-state index contributed by atoms with van der Waals surface area (Å²) in [5.74, 6) is 0. The smallest absolute Gasteiger partial charge is 0.387 e. The highest BCUT2D eigenvalue weighted by molar-refractivity contribution is 5.23. The van der Waals surface area contributed by atoms with Crippen LogP contribution in [0.4, 0.5) is 17.6 Å². The lowest BCUT2D eigenvalue weighted by atomic mass is 10.2. The van der Waals surface area contributed by atoms with Gasteiger partial charge in [0.2, 0.25) is 0 Å². The van der Waals surface area contributed by atoms with Crippen molar-refractivity contribution in [3.63, 3.8) is 0 Å². The summed E-state index contributed by atoms with van der Waals surface area (Å²) in [5.41, 5.74) is 2.66. The number of rotatable bonds is 3. The first-order chi connectivity index (χ1) is 10.8. The Bertz CT molecular complexity index is 371. The van der Waals surface area contributed by atoms with Gasteiger partial charge in [0, 0.05) is 31.9 Å². The number of piperazine rings is 1. The number of nitrogens with zero attached hydrogens (tertiary/aromatic N) is 1. The molecule has 2 N–H and O–H groups in total. The van der Waals surface area contributed by atoms with Crippen LogP contribution in [0.15, 0.2) is 35.6 Å². The molecule has 7 heteroatoms. The van der Waals surface area contributed by atoms with Gasteiger partial charge in [0.15, 0.2) is 0 Å². The molecule has 0 amide bonds. The minimum absolute atomic E-state index is 0.500. The number of nitrogens with one attached hydrogen (secondary N) is 1. The van der Waals surface area contributed by atoms with E-state index in [1.807, 2.05) is 6.92 Å². The summed E-state index contributed by atoms with van der Waals surface area (Å²) in [5, 5.41) is 10.6. The molecule has 0 saturated carbocycles. The van der Waals surface area contributed by atoms with Gasteiger partial charge in [-0.2, -0.15) is 13.2 Å². The Morgan fingerprint density at radius 3 is 2.00 bits per heavy atom. The van der Waals surface area contributed by atoms with Crippen LogP contribution in [0.3, 0.4) is 0 Å². The zero-order valence-electron chi connectivity index (χ0n) is 14.3. The molecular formula is C16H28F4N2O. The van der Waals surface area contributed by atoms with E-state index < -0.39 is 12.8 Å². The standard InChI is InChI=1S/C13H22N2.C2H3F3O.CH3F/c1-4-5-12(2)6-7-13(3)15-10-8-14-9-11-15;3-2(4,5)1-6;1-2/h4-7,14H,8-11H2,1-3H3;6H,1H2;1H3/b5-4-,12-6-,13-7+;;. The topological polar surface area (TPSA) is 35.5 Å². The molecule has 0 bridgehead atoms. The second kappa shape index (κ2) is 14.3. The van der Waals surface area contributed by atoms with Gasteiger partial charge in [-0.05, 0) is 26.8 Å². The number of allylic oxidation sites excluding steroid dienone is 6.